The molecule has 232 valence electrons. The van der Waals surface area contributed by atoms with Crippen molar-refractivity contribution in [3.05, 3.63) is 83.4 Å². The van der Waals surface area contributed by atoms with Gasteiger partial charge >= 0.3 is 0 Å². The Kier molecular flexibility index (Phi) is 8.06. The van der Waals surface area contributed by atoms with Crippen molar-refractivity contribution in [2.75, 3.05) is 37.4 Å². The Morgan fingerprint density at radius 1 is 1.16 bits per heavy atom. The molecule has 3 aromatic heterocycles. The number of rotatable bonds is 10. The maximum Gasteiger partial charge on any atom is 0.248 e. The van der Waals surface area contributed by atoms with Gasteiger partial charge in [0.25, 0.3) is 0 Å². The number of halogens is 2. The number of nitrogens with one attached hydrogen (secondary N) is 2. The van der Waals surface area contributed by atoms with Crippen LogP contribution in [0.25, 0.3) is 22.1 Å². The molecule has 5 aromatic rings. The van der Waals surface area contributed by atoms with Crippen LogP contribution in [-0.4, -0.2) is 47.5 Å². The van der Waals surface area contributed by atoms with Gasteiger partial charge in [0, 0.05) is 22.7 Å². The molecule has 4 heterocycles. The van der Waals surface area contributed by atoms with E-state index in [1.54, 1.807) is 6.07 Å². The summed E-state index contributed by atoms with van der Waals surface area (Å²) in [4.78, 5) is 24.4. The topological polar surface area (TPSA) is 92.5 Å². The van der Waals surface area contributed by atoms with Gasteiger partial charge in [0.15, 0.2) is 0 Å². The molecule has 2 aliphatic rings. The first kappa shape index (κ1) is 29.5. The van der Waals surface area contributed by atoms with Gasteiger partial charge in [-0.05, 0) is 119 Å². The lowest BCUT2D eigenvalue weighted by atomic mass is 9.57. The highest BCUT2D eigenvalue weighted by atomic mass is 35.5. The Labute approximate surface area is 265 Å². The number of nitrogens with zero attached hydrogens (tertiary/aromatic N) is 3. The van der Waals surface area contributed by atoms with Gasteiger partial charge in [-0.2, -0.15) is 0 Å². The number of ether oxygens (including phenoxy) is 1. The van der Waals surface area contributed by atoms with Crippen LogP contribution in [0.1, 0.15) is 37.7 Å². The average molecular weight is 628 g/mol. The van der Waals surface area contributed by atoms with Crippen LogP contribution in [0.2, 0.25) is 5.02 Å². The third-order valence-corrected chi connectivity index (χ3v) is 9.61. The van der Waals surface area contributed by atoms with Gasteiger partial charge in [0.2, 0.25) is 5.91 Å². The van der Waals surface area contributed by atoms with Crippen LogP contribution in [0, 0.1) is 17.2 Å². The van der Waals surface area contributed by atoms with Crippen LogP contribution in [0.4, 0.5) is 21.6 Å². The van der Waals surface area contributed by atoms with E-state index in [0.29, 0.717) is 58.2 Å². The lowest BCUT2D eigenvalue weighted by Crippen LogP contribution is -2.46. The SMILES string of the molecule is CN1CCC2(CC1)CC(CCOc1cc3ncnc(Nc4ccc(F)c(Cl)c4)c3cc1NC(=O)/C=C/Cc1cc3ccc1o3)C2. The largest absolute Gasteiger partial charge is 0.491 e. The van der Waals surface area contributed by atoms with Gasteiger partial charge in [-0.15, -0.1) is 0 Å². The molecule has 1 saturated carbocycles. The maximum absolute atomic E-state index is 13.7. The van der Waals surface area contributed by atoms with E-state index in [1.807, 2.05) is 36.4 Å². The predicted molar refractivity (Wildman–Crippen MR) is 175 cm³/mol. The summed E-state index contributed by atoms with van der Waals surface area (Å²) < 4.78 is 25.7. The number of aromatic nitrogens is 2. The smallest absolute Gasteiger partial charge is 0.248 e. The number of benzene rings is 3. The summed E-state index contributed by atoms with van der Waals surface area (Å²) in [6, 6.07) is 13.8. The highest BCUT2D eigenvalue weighted by Gasteiger charge is 2.44. The molecular formula is C35H35ClFN5O3. The fourth-order valence-corrected chi connectivity index (χ4v) is 6.97. The molecule has 1 aliphatic carbocycles. The van der Waals surface area contributed by atoms with Crippen LogP contribution in [0.3, 0.4) is 0 Å². The Morgan fingerprint density at radius 3 is 2.76 bits per heavy atom. The fourth-order valence-electron chi connectivity index (χ4n) is 6.79. The van der Waals surface area contributed by atoms with E-state index in [1.165, 1.54) is 63.3 Å². The molecule has 7 rings (SSSR count). The fraction of sp³-hybridized carbons (Fsp3) is 0.343. The standard InChI is InChI=1S/C35H35ClFN5O3/c1-42-12-10-35(11-13-42)19-22(20-35)9-14-44-32-18-29-26(34(39-21-38-29)40-24-5-7-28(37)27(36)16-24)17-30(32)41-33(43)4-2-3-23-15-25-6-8-31(23)45-25/h2,4-8,15-18,21-22H,3,9-14,19-20H2,1H3,(H,41,43)(H,38,39,40)/b4-2+. The van der Waals surface area contributed by atoms with E-state index in [4.69, 9.17) is 20.8 Å². The summed E-state index contributed by atoms with van der Waals surface area (Å²) >= 11 is 6.00. The second kappa shape index (κ2) is 12.3. The number of piperidine rings is 1. The Bertz CT molecular complexity index is 1860. The monoisotopic (exact) mass is 627 g/mol. The molecule has 2 aromatic carbocycles. The van der Waals surface area contributed by atoms with E-state index in [0.717, 1.165) is 23.2 Å². The molecule has 2 bridgehead atoms. The quantitative estimate of drug-likeness (QED) is 0.152. The molecular weight excluding hydrogens is 593 g/mol. The number of hydrogen-bond donors (Lipinski definition) is 2. The molecule has 2 fully saturated rings. The predicted octanol–water partition coefficient (Wildman–Crippen LogP) is 7.98. The summed E-state index contributed by atoms with van der Waals surface area (Å²) in [5.74, 6) is 0.913. The third-order valence-electron chi connectivity index (χ3n) is 9.32. The minimum absolute atomic E-state index is 0.00256. The number of carbonyl (C=O) groups excluding carboxylic acids is 1. The first-order valence-corrected chi connectivity index (χ1v) is 15.8. The molecule has 0 unspecified atom stereocenters. The summed E-state index contributed by atoms with van der Waals surface area (Å²) in [6.45, 7) is 2.92. The summed E-state index contributed by atoms with van der Waals surface area (Å²) in [6.07, 6.45) is 11.4. The minimum atomic E-state index is -0.504. The number of likely N-dealkylation sites (tertiary alicyclic amines) is 1. The van der Waals surface area contributed by atoms with Gasteiger partial charge in [-0.3, -0.25) is 4.79 Å². The number of amides is 1. The van der Waals surface area contributed by atoms with E-state index in [-0.39, 0.29) is 10.9 Å². The van der Waals surface area contributed by atoms with Crippen molar-refractivity contribution in [2.45, 2.75) is 38.5 Å². The lowest BCUT2D eigenvalue weighted by Gasteiger charge is -2.52. The zero-order valence-corrected chi connectivity index (χ0v) is 25.9. The summed E-state index contributed by atoms with van der Waals surface area (Å²) in [5.41, 5.74) is 4.95. The lowest BCUT2D eigenvalue weighted by molar-refractivity contribution is -0.111. The molecule has 2 N–H and O–H groups in total. The third kappa shape index (κ3) is 6.46. The van der Waals surface area contributed by atoms with Crippen molar-refractivity contribution >= 4 is 56.8 Å². The second-order valence-corrected chi connectivity index (χ2v) is 12.9. The first-order valence-electron chi connectivity index (χ1n) is 15.4. The van der Waals surface area contributed by atoms with Crippen LogP contribution < -0.4 is 15.4 Å². The first-order chi connectivity index (χ1) is 21.8. The minimum Gasteiger partial charge on any atom is -0.491 e. The highest BCUT2D eigenvalue weighted by molar-refractivity contribution is 6.31. The molecule has 1 spiro atoms. The maximum atomic E-state index is 13.7. The molecule has 45 heavy (non-hydrogen) atoms. The van der Waals surface area contributed by atoms with Gasteiger partial charge in [0.05, 0.1) is 22.8 Å². The average Bonchev–Trinajstić information content (AvgIpc) is 3.64. The summed E-state index contributed by atoms with van der Waals surface area (Å²) in [5, 5.41) is 6.86. The summed E-state index contributed by atoms with van der Waals surface area (Å²) in [7, 11) is 2.20. The Morgan fingerprint density at radius 2 is 2.00 bits per heavy atom. The van der Waals surface area contributed by atoms with Crippen molar-refractivity contribution in [1.29, 1.82) is 0 Å². The normalized spacial score (nSPS) is 17.0. The molecule has 10 heteroatoms. The molecule has 1 aliphatic heterocycles. The zero-order chi connectivity index (χ0) is 31.0. The van der Waals surface area contributed by atoms with Crippen molar-refractivity contribution in [3.8, 4) is 5.75 Å². The number of allylic oxidation sites excluding steroid dienone is 1. The van der Waals surface area contributed by atoms with Crippen LogP contribution in [0.15, 0.2) is 71.4 Å². The van der Waals surface area contributed by atoms with Gasteiger partial charge in [-0.1, -0.05) is 17.7 Å². The van der Waals surface area contributed by atoms with Crippen LogP contribution >= 0.6 is 11.6 Å². The molecule has 1 amide bonds. The van der Waals surface area contributed by atoms with Gasteiger partial charge < -0.3 is 24.7 Å². The van der Waals surface area contributed by atoms with Crippen molar-refractivity contribution < 1.29 is 18.3 Å². The van der Waals surface area contributed by atoms with E-state index in [9.17, 15) is 9.18 Å². The van der Waals surface area contributed by atoms with Crippen molar-refractivity contribution in [1.82, 2.24) is 14.9 Å². The van der Waals surface area contributed by atoms with Gasteiger partial charge in [0.1, 0.15) is 34.9 Å². The van der Waals surface area contributed by atoms with E-state index < -0.39 is 5.82 Å². The van der Waals surface area contributed by atoms with Crippen molar-refractivity contribution in [2.24, 2.45) is 11.3 Å². The molecule has 1 saturated heterocycles. The van der Waals surface area contributed by atoms with Crippen molar-refractivity contribution in [3.63, 3.8) is 0 Å². The Hall–Kier alpha value is -4.21. The second-order valence-electron chi connectivity index (χ2n) is 12.5. The number of furan rings is 2. The molecule has 8 nitrogen and oxygen atoms in total. The number of carbonyl (C=O) groups is 1. The van der Waals surface area contributed by atoms with Crippen LogP contribution in [-0.2, 0) is 11.2 Å². The van der Waals surface area contributed by atoms with Gasteiger partial charge in [-0.25, -0.2) is 14.4 Å². The van der Waals surface area contributed by atoms with Crippen LogP contribution in [0.5, 0.6) is 5.75 Å². The van der Waals surface area contributed by atoms with E-state index >= 15 is 0 Å². The van der Waals surface area contributed by atoms with E-state index in [2.05, 4.69) is 32.5 Å². The molecule has 0 atom stereocenters. The zero-order valence-electron chi connectivity index (χ0n) is 25.1. The number of fused-ring (bicyclic) bond motifs is 3. The number of anilines is 3. The highest BCUT2D eigenvalue weighted by Crippen LogP contribution is 2.53. The molecule has 0 radical (unpaired) electrons. The Balaban J connectivity index is 1.08. The number of hydrogen-bond acceptors (Lipinski definition) is 7.